The first-order chi connectivity index (χ1) is 5.20. The van der Waals surface area contributed by atoms with Gasteiger partial charge >= 0.3 is 5.97 Å². The summed E-state index contributed by atoms with van der Waals surface area (Å²) in [5.41, 5.74) is 5.66. The molecule has 0 spiro atoms. The molecule has 0 aliphatic rings. The third-order valence-corrected chi connectivity index (χ3v) is 1.18. The Morgan fingerprint density at radius 1 is 1.73 bits per heavy atom. The Hall–Kier alpha value is -1.71. The average Bonchev–Trinajstić information content (AvgIpc) is 2.39. The minimum atomic E-state index is -1.11. The first kappa shape index (κ1) is 7.40. The van der Waals surface area contributed by atoms with Gasteiger partial charge in [-0.3, -0.25) is 0 Å². The molecule has 0 unspecified atom stereocenters. The second-order valence-electron chi connectivity index (χ2n) is 2.03. The average molecular weight is 152 g/mol. The Morgan fingerprint density at radius 2 is 2.45 bits per heavy atom. The summed E-state index contributed by atoms with van der Waals surface area (Å²) < 4.78 is 0. The lowest BCUT2D eigenvalue weighted by molar-refractivity contribution is -0.132. The van der Waals surface area contributed by atoms with E-state index >= 15 is 0 Å². The Kier molecular flexibility index (Phi) is 1.96. The molecule has 0 aliphatic heterocycles. The fourth-order valence-electron chi connectivity index (χ4n) is 0.663. The summed E-state index contributed by atoms with van der Waals surface area (Å²) in [5, 5.41) is 8.37. The second kappa shape index (κ2) is 2.92. The number of hydrogen-bond acceptors (Lipinski definition) is 2. The van der Waals surface area contributed by atoms with Gasteiger partial charge in [-0.15, -0.1) is 0 Å². The van der Waals surface area contributed by atoms with Gasteiger partial charge in [-0.05, 0) is 18.2 Å². The second-order valence-corrected chi connectivity index (χ2v) is 2.03. The fourth-order valence-corrected chi connectivity index (χ4v) is 0.663. The number of hydrogen-bond donors (Lipinski definition) is 3. The van der Waals surface area contributed by atoms with Gasteiger partial charge in [0.25, 0.3) is 0 Å². The lowest BCUT2D eigenvalue weighted by atomic mass is 10.3. The number of carboxylic acids is 1. The normalized spacial score (nSPS) is 11.5. The summed E-state index contributed by atoms with van der Waals surface area (Å²) in [7, 11) is 0. The van der Waals surface area contributed by atoms with Gasteiger partial charge in [0.1, 0.15) is 5.70 Å². The van der Waals surface area contributed by atoms with E-state index in [1.807, 2.05) is 0 Å². The molecular weight excluding hydrogens is 144 g/mol. The van der Waals surface area contributed by atoms with Crippen LogP contribution in [0.4, 0.5) is 0 Å². The van der Waals surface area contributed by atoms with Crippen molar-refractivity contribution in [2.75, 3.05) is 0 Å². The molecule has 0 aliphatic carbocycles. The number of nitrogens with two attached hydrogens (primary N) is 1. The number of aliphatic carboxylic acids is 1. The summed E-state index contributed by atoms with van der Waals surface area (Å²) in [4.78, 5) is 13.0. The summed E-state index contributed by atoms with van der Waals surface area (Å²) >= 11 is 0. The van der Waals surface area contributed by atoms with Crippen molar-refractivity contribution >= 4 is 12.0 Å². The van der Waals surface area contributed by atoms with Crippen LogP contribution in [0.2, 0.25) is 0 Å². The van der Waals surface area contributed by atoms with Crippen LogP contribution in [0.1, 0.15) is 5.69 Å². The van der Waals surface area contributed by atoms with Crippen molar-refractivity contribution in [3.05, 3.63) is 29.7 Å². The highest BCUT2D eigenvalue weighted by Gasteiger charge is 1.99. The monoisotopic (exact) mass is 152 g/mol. The van der Waals surface area contributed by atoms with E-state index in [1.54, 1.807) is 18.3 Å². The molecule has 0 bridgehead atoms. The minimum absolute atomic E-state index is 0.174. The highest BCUT2D eigenvalue weighted by Crippen LogP contribution is 1.99. The van der Waals surface area contributed by atoms with Gasteiger partial charge in [-0.2, -0.15) is 0 Å². The topological polar surface area (TPSA) is 79.1 Å². The standard InChI is InChI=1S/C7H8N2O2/c8-6(7(10)11)4-5-2-1-3-9-5/h1-4,9H,8H2,(H,10,11)/b6-4+. The van der Waals surface area contributed by atoms with Gasteiger partial charge in [0.15, 0.2) is 0 Å². The number of aromatic nitrogens is 1. The van der Waals surface area contributed by atoms with E-state index in [0.717, 1.165) is 0 Å². The lowest BCUT2D eigenvalue weighted by Gasteiger charge is -1.90. The van der Waals surface area contributed by atoms with E-state index < -0.39 is 5.97 Å². The lowest BCUT2D eigenvalue weighted by Crippen LogP contribution is -2.09. The van der Waals surface area contributed by atoms with Crippen molar-refractivity contribution < 1.29 is 9.90 Å². The van der Waals surface area contributed by atoms with E-state index in [1.165, 1.54) is 6.08 Å². The van der Waals surface area contributed by atoms with Crippen molar-refractivity contribution in [3.63, 3.8) is 0 Å². The maximum atomic E-state index is 10.2. The van der Waals surface area contributed by atoms with Gasteiger partial charge in [-0.25, -0.2) is 4.79 Å². The Morgan fingerprint density at radius 3 is 2.91 bits per heavy atom. The summed E-state index contributed by atoms with van der Waals surface area (Å²) in [6.45, 7) is 0. The molecule has 0 aromatic carbocycles. The number of H-pyrrole nitrogens is 1. The van der Waals surface area contributed by atoms with Gasteiger partial charge in [0, 0.05) is 11.9 Å². The maximum Gasteiger partial charge on any atom is 0.351 e. The van der Waals surface area contributed by atoms with Gasteiger partial charge in [0.05, 0.1) is 0 Å². The minimum Gasteiger partial charge on any atom is -0.477 e. The quantitative estimate of drug-likeness (QED) is 0.536. The van der Waals surface area contributed by atoms with Crippen LogP contribution in [-0.4, -0.2) is 16.1 Å². The van der Waals surface area contributed by atoms with Crippen molar-refractivity contribution in [3.8, 4) is 0 Å². The van der Waals surface area contributed by atoms with Crippen molar-refractivity contribution in [1.29, 1.82) is 0 Å². The van der Waals surface area contributed by atoms with E-state index in [9.17, 15) is 4.79 Å². The molecule has 1 aromatic heterocycles. The Labute approximate surface area is 63.3 Å². The zero-order valence-corrected chi connectivity index (χ0v) is 5.74. The van der Waals surface area contributed by atoms with Gasteiger partial charge in [0.2, 0.25) is 0 Å². The molecule has 0 fully saturated rings. The number of rotatable bonds is 2. The molecule has 0 saturated carbocycles. The van der Waals surface area contributed by atoms with Crippen molar-refractivity contribution in [2.24, 2.45) is 5.73 Å². The van der Waals surface area contributed by atoms with Crippen molar-refractivity contribution in [2.45, 2.75) is 0 Å². The third kappa shape index (κ3) is 1.86. The number of carboxylic acid groups (broad SMARTS) is 1. The van der Waals surface area contributed by atoms with Crippen LogP contribution in [0.3, 0.4) is 0 Å². The van der Waals surface area contributed by atoms with Crippen LogP contribution in [0.15, 0.2) is 24.0 Å². The largest absolute Gasteiger partial charge is 0.477 e. The smallest absolute Gasteiger partial charge is 0.351 e. The molecule has 0 saturated heterocycles. The molecule has 11 heavy (non-hydrogen) atoms. The molecule has 0 amide bonds. The Balaban J connectivity index is 2.82. The molecule has 0 atom stereocenters. The molecule has 4 N–H and O–H groups in total. The van der Waals surface area contributed by atoms with E-state index in [-0.39, 0.29) is 5.70 Å². The fraction of sp³-hybridized carbons (Fsp3) is 0. The number of aromatic amines is 1. The van der Waals surface area contributed by atoms with Crippen LogP contribution in [0, 0.1) is 0 Å². The zero-order valence-electron chi connectivity index (χ0n) is 5.74. The Bertz CT molecular complexity index is 275. The van der Waals surface area contributed by atoms with E-state index in [4.69, 9.17) is 10.8 Å². The number of nitrogens with one attached hydrogen (secondary N) is 1. The zero-order chi connectivity index (χ0) is 8.27. The summed E-state index contributed by atoms with van der Waals surface area (Å²) in [6, 6.07) is 3.50. The first-order valence-electron chi connectivity index (χ1n) is 3.04. The molecule has 0 radical (unpaired) electrons. The van der Waals surface area contributed by atoms with Crippen LogP contribution >= 0.6 is 0 Å². The highest BCUT2D eigenvalue weighted by atomic mass is 16.4. The predicted octanol–water partition coefficient (Wildman–Crippen LogP) is 0.399. The van der Waals surface area contributed by atoms with Crippen LogP contribution < -0.4 is 5.73 Å². The van der Waals surface area contributed by atoms with Gasteiger partial charge in [-0.1, -0.05) is 0 Å². The van der Waals surface area contributed by atoms with Crippen LogP contribution in [0.25, 0.3) is 6.08 Å². The first-order valence-corrected chi connectivity index (χ1v) is 3.04. The molecule has 1 rings (SSSR count). The van der Waals surface area contributed by atoms with E-state index in [0.29, 0.717) is 5.69 Å². The molecule has 4 heteroatoms. The summed E-state index contributed by atoms with van der Waals surface area (Å²) in [5.74, 6) is -1.11. The van der Waals surface area contributed by atoms with Crippen LogP contribution in [-0.2, 0) is 4.79 Å². The molecule has 1 aromatic rings. The van der Waals surface area contributed by atoms with Gasteiger partial charge < -0.3 is 15.8 Å². The molecular formula is C7H8N2O2. The maximum absolute atomic E-state index is 10.2. The highest BCUT2D eigenvalue weighted by molar-refractivity contribution is 5.90. The molecule has 58 valence electrons. The van der Waals surface area contributed by atoms with Crippen LogP contribution in [0.5, 0.6) is 0 Å². The summed E-state index contributed by atoms with van der Waals surface area (Å²) in [6.07, 6.45) is 3.06. The van der Waals surface area contributed by atoms with Crippen molar-refractivity contribution in [1.82, 2.24) is 4.98 Å². The van der Waals surface area contributed by atoms with E-state index in [2.05, 4.69) is 4.98 Å². The molecule has 4 nitrogen and oxygen atoms in total. The third-order valence-electron chi connectivity index (χ3n) is 1.18. The predicted molar refractivity (Wildman–Crippen MR) is 40.6 cm³/mol. The number of carbonyl (C=O) groups is 1. The molecule has 1 heterocycles. The SMILES string of the molecule is N/C(=C/c1ccc[nH]1)C(=O)O.